The van der Waals surface area contributed by atoms with E-state index in [1.54, 1.807) is 0 Å². The molecule has 0 aromatic carbocycles. The Labute approximate surface area is 128 Å². The molecule has 1 rings (SSSR count). The molecule has 8 heteroatoms. The van der Waals surface area contributed by atoms with Crippen LogP contribution in [0.15, 0.2) is 0 Å². The number of hydrogen-bond donors (Lipinski definition) is 5. The quantitative estimate of drug-likeness (QED) is 0.458. The summed E-state index contributed by atoms with van der Waals surface area (Å²) < 4.78 is 0. The van der Waals surface area contributed by atoms with Crippen LogP contribution in [0.3, 0.4) is 0 Å². The number of rotatable bonds is 7. The zero-order valence-electron chi connectivity index (χ0n) is 12.5. The lowest BCUT2D eigenvalue weighted by Crippen LogP contribution is -2.42. The lowest BCUT2D eigenvalue weighted by molar-refractivity contribution is -0.170. The maximum absolute atomic E-state index is 10.3. The molecule has 1 saturated carbocycles. The lowest BCUT2D eigenvalue weighted by Gasteiger charge is -2.20. The van der Waals surface area contributed by atoms with Gasteiger partial charge in [0.05, 0.1) is 12.8 Å². The van der Waals surface area contributed by atoms with E-state index in [1.165, 1.54) is 38.5 Å². The third-order valence-electron chi connectivity index (χ3n) is 3.59. The van der Waals surface area contributed by atoms with Crippen molar-refractivity contribution in [3.05, 3.63) is 0 Å². The fourth-order valence-electron chi connectivity index (χ4n) is 2.43. The van der Waals surface area contributed by atoms with Gasteiger partial charge < -0.3 is 26.2 Å². The molecule has 1 aliphatic rings. The highest BCUT2D eigenvalue weighted by atomic mass is 16.4. The Morgan fingerprint density at radius 2 is 1.41 bits per heavy atom. The van der Waals surface area contributed by atoms with E-state index >= 15 is 0 Å². The van der Waals surface area contributed by atoms with Gasteiger partial charge in [0.15, 0.2) is 5.60 Å². The van der Waals surface area contributed by atoms with E-state index in [0.29, 0.717) is 0 Å². The molecule has 0 unspecified atom stereocenters. The Morgan fingerprint density at radius 3 is 1.73 bits per heavy atom. The summed E-state index contributed by atoms with van der Waals surface area (Å²) >= 11 is 0. The molecule has 0 aromatic heterocycles. The van der Waals surface area contributed by atoms with Gasteiger partial charge in [-0.1, -0.05) is 32.1 Å². The Morgan fingerprint density at radius 1 is 0.955 bits per heavy atom. The summed E-state index contributed by atoms with van der Waals surface area (Å²) in [4.78, 5) is 30.5. The number of carboxylic acid groups (broad SMARTS) is 3. The molecule has 0 spiro atoms. The van der Waals surface area contributed by atoms with Crippen molar-refractivity contribution in [2.45, 2.75) is 57.0 Å². The van der Waals surface area contributed by atoms with Gasteiger partial charge in [0.1, 0.15) is 0 Å². The van der Waals surface area contributed by atoms with Crippen molar-refractivity contribution >= 4 is 17.9 Å². The van der Waals surface area contributed by atoms with E-state index in [0.717, 1.165) is 12.5 Å². The smallest absolute Gasteiger partial charge is 0.336 e. The fourth-order valence-corrected chi connectivity index (χ4v) is 2.43. The van der Waals surface area contributed by atoms with Crippen LogP contribution in [0.2, 0.25) is 0 Å². The second-order valence-corrected chi connectivity index (χ2v) is 5.56. The summed E-state index contributed by atoms with van der Waals surface area (Å²) in [6.07, 6.45) is 6.22. The highest BCUT2D eigenvalue weighted by Gasteiger charge is 2.40. The molecule has 0 saturated heterocycles. The standard InChI is InChI=1S/C8H17N.C6H8O7/c9-7-6-8-4-2-1-3-5-8;7-3(8)1-6(13,5(11)12)2-4(9)10/h8H,1-7,9H2;13H,1-2H2,(H,7,8)(H,9,10)(H,11,12). The monoisotopic (exact) mass is 319 g/mol. The fraction of sp³-hybridized carbons (Fsp3) is 0.786. The van der Waals surface area contributed by atoms with Gasteiger partial charge in [-0.3, -0.25) is 9.59 Å². The number of aliphatic hydroxyl groups is 1. The first-order valence-corrected chi connectivity index (χ1v) is 7.30. The van der Waals surface area contributed by atoms with Gasteiger partial charge in [-0.15, -0.1) is 0 Å². The minimum absolute atomic E-state index is 0.894. The largest absolute Gasteiger partial charge is 0.481 e. The second kappa shape index (κ2) is 10.1. The number of hydrogen-bond acceptors (Lipinski definition) is 5. The SMILES string of the molecule is NCCC1CCCCC1.O=C(O)CC(O)(CC(=O)O)C(=O)O. The average Bonchev–Trinajstić information content (AvgIpc) is 2.39. The van der Waals surface area contributed by atoms with Crippen LogP contribution in [0, 0.1) is 5.92 Å². The van der Waals surface area contributed by atoms with Gasteiger partial charge in [0, 0.05) is 0 Å². The third-order valence-corrected chi connectivity index (χ3v) is 3.59. The predicted molar refractivity (Wildman–Crippen MR) is 77.3 cm³/mol. The lowest BCUT2D eigenvalue weighted by atomic mass is 9.87. The van der Waals surface area contributed by atoms with Gasteiger partial charge in [-0.2, -0.15) is 0 Å². The van der Waals surface area contributed by atoms with Crippen molar-refractivity contribution in [1.29, 1.82) is 0 Å². The number of aliphatic carboxylic acids is 3. The number of nitrogens with two attached hydrogens (primary N) is 1. The van der Waals surface area contributed by atoms with Gasteiger partial charge >= 0.3 is 17.9 Å². The zero-order valence-corrected chi connectivity index (χ0v) is 12.5. The molecule has 6 N–H and O–H groups in total. The first-order chi connectivity index (χ1) is 10.2. The second-order valence-electron chi connectivity index (χ2n) is 5.56. The van der Waals surface area contributed by atoms with E-state index in [-0.39, 0.29) is 0 Å². The Balaban J connectivity index is 0.000000425. The molecule has 8 nitrogen and oxygen atoms in total. The topological polar surface area (TPSA) is 158 Å². The summed E-state index contributed by atoms with van der Waals surface area (Å²) in [5, 5.41) is 33.8. The number of carboxylic acids is 3. The maximum Gasteiger partial charge on any atom is 0.336 e. The Hall–Kier alpha value is -1.67. The van der Waals surface area contributed by atoms with Crippen molar-refractivity contribution in [3.8, 4) is 0 Å². The van der Waals surface area contributed by atoms with Gasteiger partial charge in [-0.05, 0) is 18.9 Å². The van der Waals surface area contributed by atoms with E-state index in [4.69, 9.17) is 26.2 Å². The highest BCUT2D eigenvalue weighted by molar-refractivity contribution is 5.88. The van der Waals surface area contributed by atoms with Crippen LogP contribution in [-0.2, 0) is 14.4 Å². The molecule has 1 aliphatic carbocycles. The molecule has 0 heterocycles. The Bertz CT molecular complexity index is 359. The molecule has 0 aromatic rings. The number of carbonyl (C=O) groups is 3. The molecular weight excluding hydrogens is 294 g/mol. The van der Waals surface area contributed by atoms with Gasteiger partial charge in [-0.25, -0.2) is 4.79 Å². The molecule has 0 atom stereocenters. The summed E-state index contributed by atoms with van der Waals surface area (Å²) in [5.41, 5.74) is 2.72. The van der Waals surface area contributed by atoms with Crippen molar-refractivity contribution < 1.29 is 34.8 Å². The molecule has 0 aliphatic heterocycles. The maximum atomic E-state index is 10.3. The van der Waals surface area contributed by atoms with Crippen LogP contribution < -0.4 is 5.73 Å². The van der Waals surface area contributed by atoms with Crippen LogP contribution in [-0.4, -0.2) is 50.5 Å². The highest BCUT2D eigenvalue weighted by Crippen LogP contribution is 2.25. The first-order valence-electron chi connectivity index (χ1n) is 7.30. The van der Waals surface area contributed by atoms with Gasteiger partial charge in [0.25, 0.3) is 0 Å². The summed E-state index contributed by atoms with van der Waals surface area (Å²) in [7, 11) is 0. The van der Waals surface area contributed by atoms with E-state index in [1.807, 2.05) is 0 Å². The zero-order chi connectivity index (χ0) is 17.2. The van der Waals surface area contributed by atoms with E-state index in [9.17, 15) is 14.4 Å². The molecule has 0 radical (unpaired) electrons. The molecule has 22 heavy (non-hydrogen) atoms. The third kappa shape index (κ3) is 8.58. The van der Waals surface area contributed by atoms with Crippen LogP contribution in [0.4, 0.5) is 0 Å². The van der Waals surface area contributed by atoms with Crippen molar-refractivity contribution in [2.75, 3.05) is 6.54 Å². The van der Waals surface area contributed by atoms with Crippen LogP contribution in [0.5, 0.6) is 0 Å². The minimum atomic E-state index is -2.74. The molecular formula is C14H25NO7. The predicted octanol–water partition coefficient (Wildman–Crippen LogP) is 0.667. The van der Waals surface area contributed by atoms with E-state index in [2.05, 4.69) is 0 Å². The first kappa shape index (κ1) is 20.3. The van der Waals surface area contributed by atoms with Crippen LogP contribution >= 0.6 is 0 Å². The van der Waals surface area contributed by atoms with Gasteiger partial charge in [0.2, 0.25) is 0 Å². The van der Waals surface area contributed by atoms with Crippen LogP contribution in [0.1, 0.15) is 51.4 Å². The molecule has 1 fully saturated rings. The summed E-state index contributed by atoms with van der Waals surface area (Å²) in [6.45, 7) is 0.894. The Kier molecular flexibility index (Phi) is 9.35. The summed E-state index contributed by atoms with van der Waals surface area (Å²) in [5.74, 6) is -4.04. The van der Waals surface area contributed by atoms with Crippen LogP contribution in [0.25, 0.3) is 0 Å². The minimum Gasteiger partial charge on any atom is -0.481 e. The van der Waals surface area contributed by atoms with E-state index < -0.39 is 36.4 Å². The average molecular weight is 319 g/mol. The van der Waals surface area contributed by atoms with Crippen molar-refractivity contribution in [3.63, 3.8) is 0 Å². The molecule has 0 amide bonds. The van der Waals surface area contributed by atoms with Crippen molar-refractivity contribution in [1.82, 2.24) is 0 Å². The molecule has 0 bridgehead atoms. The van der Waals surface area contributed by atoms with Crippen molar-refractivity contribution in [2.24, 2.45) is 11.7 Å². The normalized spacial score (nSPS) is 15.5. The molecule has 128 valence electrons. The summed E-state index contributed by atoms with van der Waals surface area (Å²) in [6, 6.07) is 0.